The van der Waals surface area contributed by atoms with Gasteiger partial charge >= 0.3 is 0 Å². The highest BCUT2D eigenvalue weighted by molar-refractivity contribution is 4.56. The van der Waals surface area contributed by atoms with Crippen LogP contribution in [0, 0.1) is 5.92 Å². The van der Waals surface area contributed by atoms with Gasteiger partial charge < -0.3 is 9.80 Å². The first-order valence-electron chi connectivity index (χ1n) is 7.47. The molecule has 17 heavy (non-hydrogen) atoms. The van der Waals surface area contributed by atoms with Crippen LogP contribution < -0.4 is 5.32 Å². The molecular weight excluding hydrogens is 208 g/mol. The van der Waals surface area contributed by atoms with Crippen LogP contribution in [0.3, 0.4) is 0 Å². The minimum absolute atomic E-state index is 0.846. The molecule has 0 heterocycles. The van der Waals surface area contributed by atoms with Gasteiger partial charge in [-0.2, -0.15) is 0 Å². The third-order valence-electron chi connectivity index (χ3n) is 3.21. The topological polar surface area (TPSA) is 12.0 Å². The second-order valence-electron chi connectivity index (χ2n) is 6.53. The molecule has 1 N–H and O–H groups in total. The van der Waals surface area contributed by atoms with Crippen molar-refractivity contribution in [2.75, 3.05) is 40.8 Å². The number of unbranched alkanes of at least 4 members (excludes halogenated alkanes) is 3. The molecule has 0 fully saturated rings. The molecule has 1 unspecified atom stereocenters. The van der Waals surface area contributed by atoms with Crippen molar-refractivity contribution in [2.45, 2.75) is 52.4 Å². The van der Waals surface area contributed by atoms with Crippen LogP contribution in [0.25, 0.3) is 0 Å². The van der Waals surface area contributed by atoms with E-state index in [1.807, 2.05) is 0 Å². The van der Waals surface area contributed by atoms with Crippen molar-refractivity contribution in [3.05, 3.63) is 0 Å². The monoisotopic (exact) mass is 243 g/mol. The third-order valence-corrected chi connectivity index (χ3v) is 3.21. The average molecular weight is 243 g/mol. The third kappa shape index (κ3) is 13.9. The molecule has 0 aliphatic rings. The van der Waals surface area contributed by atoms with Crippen LogP contribution in [-0.4, -0.2) is 45.3 Å². The summed E-state index contributed by atoms with van der Waals surface area (Å²) in [6.45, 7) is 8.33. The van der Waals surface area contributed by atoms with Gasteiger partial charge in [-0.05, 0) is 44.7 Å². The molecule has 2 nitrogen and oxygen atoms in total. The lowest BCUT2D eigenvalue weighted by Gasteiger charge is -2.23. The number of nitrogens with zero attached hydrogens (tertiary/aromatic N) is 1. The Kier molecular flexibility index (Phi) is 9.85. The number of nitrogens with one attached hydrogen (secondary N) is 1. The first kappa shape index (κ1) is 16.9. The quantitative estimate of drug-likeness (QED) is 0.434. The maximum atomic E-state index is 3.57. The first-order valence-corrected chi connectivity index (χ1v) is 7.47. The van der Waals surface area contributed by atoms with Crippen molar-refractivity contribution < 1.29 is 4.48 Å². The molecule has 1 atom stereocenters. The van der Waals surface area contributed by atoms with E-state index in [9.17, 15) is 0 Å². The fraction of sp³-hybridized carbons (Fsp3) is 1.00. The van der Waals surface area contributed by atoms with Crippen molar-refractivity contribution in [3.8, 4) is 0 Å². The standard InChI is InChI=1S/C15H35N2/c1-6-11-15(2)14-16-12-9-7-8-10-13-17(3,4)5/h15-16H,6-14H2,1-5H3/q+1. The predicted octanol–water partition coefficient (Wildman–Crippen LogP) is 3.28. The van der Waals surface area contributed by atoms with Crippen LogP contribution in [0.5, 0.6) is 0 Å². The van der Waals surface area contributed by atoms with Gasteiger partial charge in [-0.15, -0.1) is 0 Å². The van der Waals surface area contributed by atoms with Gasteiger partial charge in [0.15, 0.2) is 0 Å². The Morgan fingerprint density at radius 1 is 1.00 bits per heavy atom. The lowest BCUT2D eigenvalue weighted by molar-refractivity contribution is -0.870. The van der Waals surface area contributed by atoms with E-state index >= 15 is 0 Å². The van der Waals surface area contributed by atoms with Crippen molar-refractivity contribution in [3.63, 3.8) is 0 Å². The zero-order chi connectivity index (χ0) is 13.1. The molecule has 0 radical (unpaired) electrons. The van der Waals surface area contributed by atoms with Crippen LogP contribution in [0.1, 0.15) is 52.4 Å². The van der Waals surface area contributed by atoms with E-state index in [2.05, 4.69) is 40.3 Å². The summed E-state index contributed by atoms with van der Waals surface area (Å²) in [5, 5.41) is 3.57. The number of hydrogen-bond acceptors (Lipinski definition) is 1. The molecule has 0 spiro atoms. The van der Waals surface area contributed by atoms with Crippen LogP contribution in [0.15, 0.2) is 0 Å². The van der Waals surface area contributed by atoms with Crippen molar-refractivity contribution in [1.82, 2.24) is 5.32 Å². The molecule has 0 saturated heterocycles. The minimum Gasteiger partial charge on any atom is -0.331 e. The van der Waals surface area contributed by atoms with E-state index < -0.39 is 0 Å². The Bertz CT molecular complexity index is 161. The number of rotatable bonds is 11. The molecule has 0 saturated carbocycles. The summed E-state index contributed by atoms with van der Waals surface area (Å²) in [5.74, 6) is 0.846. The van der Waals surface area contributed by atoms with Crippen LogP contribution in [0.4, 0.5) is 0 Å². The Morgan fingerprint density at radius 2 is 1.65 bits per heavy atom. The molecule has 104 valence electrons. The zero-order valence-corrected chi connectivity index (χ0v) is 12.9. The molecule has 0 aliphatic heterocycles. The molecule has 0 aromatic heterocycles. The zero-order valence-electron chi connectivity index (χ0n) is 12.9. The molecule has 0 aromatic carbocycles. The van der Waals surface area contributed by atoms with Crippen LogP contribution in [0.2, 0.25) is 0 Å². The molecule has 2 heteroatoms. The van der Waals surface area contributed by atoms with Crippen molar-refractivity contribution in [1.29, 1.82) is 0 Å². The molecule has 0 amide bonds. The lowest BCUT2D eigenvalue weighted by Crippen LogP contribution is -2.35. The van der Waals surface area contributed by atoms with E-state index in [0.717, 1.165) is 10.4 Å². The molecule has 0 bridgehead atoms. The second kappa shape index (κ2) is 9.90. The summed E-state index contributed by atoms with van der Waals surface area (Å²) >= 11 is 0. The maximum absolute atomic E-state index is 3.57. The Balaban J connectivity index is 3.14. The fourth-order valence-corrected chi connectivity index (χ4v) is 2.13. The first-order chi connectivity index (χ1) is 7.95. The molecule has 0 aliphatic carbocycles. The lowest BCUT2D eigenvalue weighted by atomic mass is 10.1. The van der Waals surface area contributed by atoms with Crippen molar-refractivity contribution in [2.24, 2.45) is 5.92 Å². The summed E-state index contributed by atoms with van der Waals surface area (Å²) in [7, 11) is 6.82. The second-order valence-corrected chi connectivity index (χ2v) is 6.53. The number of hydrogen-bond donors (Lipinski definition) is 1. The predicted molar refractivity (Wildman–Crippen MR) is 78.3 cm³/mol. The maximum Gasteiger partial charge on any atom is 0.0780 e. The molecular formula is C15H35N2+. The van der Waals surface area contributed by atoms with Gasteiger partial charge in [0.1, 0.15) is 0 Å². The summed E-state index contributed by atoms with van der Waals surface area (Å²) in [6, 6.07) is 0. The van der Waals surface area contributed by atoms with Gasteiger partial charge in [0, 0.05) is 0 Å². The van der Waals surface area contributed by atoms with Crippen LogP contribution >= 0.6 is 0 Å². The van der Waals surface area contributed by atoms with Crippen LogP contribution in [-0.2, 0) is 0 Å². The van der Waals surface area contributed by atoms with Gasteiger partial charge in [-0.25, -0.2) is 0 Å². The van der Waals surface area contributed by atoms with E-state index in [1.54, 1.807) is 0 Å². The summed E-state index contributed by atoms with van der Waals surface area (Å²) in [4.78, 5) is 0. The average Bonchev–Trinajstić information content (AvgIpc) is 2.21. The highest BCUT2D eigenvalue weighted by Gasteiger charge is 2.05. The van der Waals surface area contributed by atoms with E-state index in [4.69, 9.17) is 0 Å². The van der Waals surface area contributed by atoms with Gasteiger partial charge in [0.05, 0.1) is 27.7 Å². The van der Waals surface area contributed by atoms with Gasteiger partial charge in [-0.3, -0.25) is 0 Å². The van der Waals surface area contributed by atoms with Gasteiger partial charge in [-0.1, -0.05) is 26.7 Å². The summed E-state index contributed by atoms with van der Waals surface area (Å²) in [6.07, 6.45) is 8.16. The Hall–Kier alpha value is -0.0800. The smallest absolute Gasteiger partial charge is 0.0780 e. The Morgan fingerprint density at radius 3 is 2.24 bits per heavy atom. The largest absolute Gasteiger partial charge is 0.331 e. The van der Waals surface area contributed by atoms with E-state index in [-0.39, 0.29) is 0 Å². The summed E-state index contributed by atoms with van der Waals surface area (Å²) in [5.41, 5.74) is 0. The van der Waals surface area contributed by atoms with Crippen molar-refractivity contribution >= 4 is 0 Å². The highest BCUT2D eigenvalue weighted by atomic mass is 15.3. The normalized spacial score (nSPS) is 13.9. The van der Waals surface area contributed by atoms with Gasteiger partial charge in [0.25, 0.3) is 0 Å². The van der Waals surface area contributed by atoms with E-state index in [1.165, 1.54) is 58.2 Å². The molecule has 0 rings (SSSR count). The highest BCUT2D eigenvalue weighted by Crippen LogP contribution is 2.04. The van der Waals surface area contributed by atoms with Gasteiger partial charge in [0.2, 0.25) is 0 Å². The molecule has 0 aromatic rings. The summed E-state index contributed by atoms with van der Waals surface area (Å²) < 4.78 is 1.10. The fourth-order valence-electron chi connectivity index (χ4n) is 2.13. The Labute approximate surface area is 109 Å². The number of quaternary nitrogens is 1. The van der Waals surface area contributed by atoms with E-state index in [0.29, 0.717) is 0 Å². The SMILES string of the molecule is CCCC(C)CNCCCCCC[N+](C)(C)C. The minimum atomic E-state index is 0.846.